The van der Waals surface area contributed by atoms with Gasteiger partial charge in [0.05, 0.1) is 21.3 Å². The van der Waals surface area contributed by atoms with Gasteiger partial charge in [-0.15, -0.1) is 0 Å². The first-order valence-electron chi connectivity index (χ1n) is 6.90. The van der Waals surface area contributed by atoms with Crippen molar-refractivity contribution in [3.05, 3.63) is 36.7 Å². The largest absolute Gasteiger partial charge is 0.493 e. The molecule has 0 saturated carbocycles. The highest BCUT2D eigenvalue weighted by atomic mass is 16.5. The second kappa shape index (κ2) is 6.35. The summed E-state index contributed by atoms with van der Waals surface area (Å²) in [7, 11) is 4.70. The van der Waals surface area contributed by atoms with Crippen LogP contribution < -0.4 is 14.2 Å². The molecule has 3 rings (SSSR count). The van der Waals surface area contributed by atoms with Crippen LogP contribution >= 0.6 is 0 Å². The van der Waals surface area contributed by atoms with E-state index in [9.17, 15) is 0 Å². The number of benzene rings is 1. The van der Waals surface area contributed by atoms with Crippen molar-refractivity contribution < 1.29 is 14.2 Å². The van der Waals surface area contributed by atoms with Gasteiger partial charge < -0.3 is 14.2 Å². The SMILES string of the molecule is COc1cc(-c2n[nH]c(-c3cccnc3)n2)cc(OC)c1OC. The minimum Gasteiger partial charge on any atom is -0.493 e. The van der Waals surface area contributed by atoms with Crippen LogP contribution in [0.5, 0.6) is 17.2 Å². The Morgan fingerprint density at radius 2 is 1.70 bits per heavy atom. The van der Waals surface area contributed by atoms with Crippen LogP contribution in [0.3, 0.4) is 0 Å². The van der Waals surface area contributed by atoms with Crippen LogP contribution in [0.15, 0.2) is 36.7 Å². The zero-order chi connectivity index (χ0) is 16.2. The fourth-order valence-electron chi connectivity index (χ4n) is 2.23. The average molecular weight is 312 g/mol. The zero-order valence-electron chi connectivity index (χ0n) is 13.0. The molecular weight excluding hydrogens is 296 g/mol. The minimum atomic E-state index is 0.529. The maximum absolute atomic E-state index is 5.35. The van der Waals surface area contributed by atoms with Gasteiger partial charge in [-0.05, 0) is 24.3 Å². The van der Waals surface area contributed by atoms with Crippen molar-refractivity contribution in [1.82, 2.24) is 20.2 Å². The van der Waals surface area contributed by atoms with E-state index in [-0.39, 0.29) is 0 Å². The number of rotatable bonds is 5. The highest BCUT2D eigenvalue weighted by Crippen LogP contribution is 2.40. The lowest BCUT2D eigenvalue weighted by Crippen LogP contribution is -1.96. The molecule has 3 aromatic rings. The van der Waals surface area contributed by atoms with E-state index in [2.05, 4.69) is 20.2 Å². The first-order valence-corrected chi connectivity index (χ1v) is 6.90. The molecule has 7 heteroatoms. The number of ether oxygens (including phenoxy) is 3. The van der Waals surface area contributed by atoms with Crippen molar-refractivity contribution in [3.63, 3.8) is 0 Å². The number of pyridine rings is 1. The molecule has 0 aliphatic heterocycles. The Labute approximate surface area is 133 Å². The molecule has 0 spiro atoms. The Hall–Kier alpha value is -3.09. The fraction of sp³-hybridized carbons (Fsp3) is 0.188. The van der Waals surface area contributed by atoms with E-state index in [1.807, 2.05) is 12.1 Å². The van der Waals surface area contributed by atoms with E-state index in [4.69, 9.17) is 14.2 Å². The van der Waals surface area contributed by atoms with Gasteiger partial charge in [0.25, 0.3) is 0 Å². The van der Waals surface area contributed by atoms with Crippen molar-refractivity contribution in [3.8, 4) is 40.0 Å². The molecule has 23 heavy (non-hydrogen) atoms. The molecule has 0 saturated heterocycles. The van der Waals surface area contributed by atoms with Gasteiger partial charge in [0.1, 0.15) is 0 Å². The summed E-state index contributed by atoms with van der Waals surface area (Å²) < 4.78 is 16.0. The summed E-state index contributed by atoms with van der Waals surface area (Å²) in [6.07, 6.45) is 3.43. The van der Waals surface area contributed by atoms with Crippen LogP contribution in [0.1, 0.15) is 0 Å². The molecule has 0 bridgehead atoms. The maximum Gasteiger partial charge on any atom is 0.203 e. The number of methoxy groups -OCH3 is 3. The molecule has 118 valence electrons. The highest BCUT2D eigenvalue weighted by molar-refractivity contribution is 5.68. The van der Waals surface area contributed by atoms with Gasteiger partial charge in [0.2, 0.25) is 5.75 Å². The summed E-state index contributed by atoms with van der Waals surface area (Å²) in [5.41, 5.74) is 1.62. The summed E-state index contributed by atoms with van der Waals surface area (Å²) in [5.74, 6) is 2.80. The number of aromatic nitrogens is 4. The van der Waals surface area contributed by atoms with Crippen LogP contribution in [-0.2, 0) is 0 Å². The number of H-pyrrole nitrogens is 1. The molecule has 0 fully saturated rings. The molecule has 1 aromatic carbocycles. The summed E-state index contributed by atoms with van der Waals surface area (Å²) in [5, 5.41) is 7.16. The molecular formula is C16H16N4O3. The van der Waals surface area contributed by atoms with Gasteiger partial charge in [0, 0.05) is 23.5 Å². The first kappa shape index (κ1) is 14.8. The van der Waals surface area contributed by atoms with Crippen LogP contribution in [0.4, 0.5) is 0 Å². The lowest BCUT2D eigenvalue weighted by atomic mass is 10.1. The third-order valence-corrected chi connectivity index (χ3v) is 3.34. The smallest absolute Gasteiger partial charge is 0.203 e. The predicted octanol–water partition coefficient (Wildman–Crippen LogP) is 2.56. The average Bonchev–Trinajstić information content (AvgIpc) is 3.11. The third kappa shape index (κ3) is 2.80. The monoisotopic (exact) mass is 312 g/mol. The fourth-order valence-corrected chi connectivity index (χ4v) is 2.23. The van der Waals surface area contributed by atoms with Crippen molar-refractivity contribution in [2.75, 3.05) is 21.3 Å². The van der Waals surface area contributed by atoms with Gasteiger partial charge >= 0.3 is 0 Å². The van der Waals surface area contributed by atoms with Gasteiger partial charge in [0.15, 0.2) is 23.1 Å². The normalized spacial score (nSPS) is 10.4. The molecule has 2 heterocycles. The van der Waals surface area contributed by atoms with E-state index in [0.717, 1.165) is 11.1 Å². The van der Waals surface area contributed by atoms with Gasteiger partial charge in [-0.25, -0.2) is 4.98 Å². The number of nitrogens with zero attached hydrogens (tertiary/aromatic N) is 3. The number of aromatic amines is 1. The zero-order valence-corrected chi connectivity index (χ0v) is 13.0. The van der Waals surface area contributed by atoms with E-state index in [1.54, 1.807) is 45.9 Å². The molecule has 0 amide bonds. The molecule has 7 nitrogen and oxygen atoms in total. The quantitative estimate of drug-likeness (QED) is 0.779. The van der Waals surface area contributed by atoms with Crippen LogP contribution in [0.25, 0.3) is 22.8 Å². The number of hydrogen-bond acceptors (Lipinski definition) is 6. The molecule has 0 unspecified atom stereocenters. The Balaban J connectivity index is 2.04. The molecule has 1 N–H and O–H groups in total. The van der Waals surface area contributed by atoms with Crippen LogP contribution in [0, 0.1) is 0 Å². The molecule has 0 aliphatic carbocycles. The molecule has 0 atom stereocenters. The number of hydrogen-bond donors (Lipinski definition) is 1. The van der Waals surface area contributed by atoms with Crippen molar-refractivity contribution >= 4 is 0 Å². The summed E-state index contributed by atoms with van der Waals surface area (Å²) in [6, 6.07) is 7.36. The Kier molecular flexibility index (Phi) is 4.09. The third-order valence-electron chi connectivity index (χ3n) is 3.34. The van der Waals surface area contributed by atoms with Crippen LogP contribution in [0.2, 0.25) is 0 Å². The van der Waals surface area contributed by atoms with E-state index in [0.29, 0.717) is 28.9 Å². The first-order chi connectivity index (χ1) is 11.3. The van der Waals surface area contributed by atoms with Gasteiger partial charge in [-0.3, -0.25) is 10.1 Å². The van der Waals surface area contributed by atoms with E-state index >= 15 is 0 Å². The standard InChI is InChI=1S/C16H16N4O3/c1-21-12-7-11(8-13(22-2)14(12)23-3)16-18-15(19-20-16)10-5-4-6-17-9-10/h4-9H,1-3H3,(H,18,19,20). The second-order valence-corrected chi connectivity index (χ2v) is 4.66. The van der Waals surface area contributed by atoms with Gasteiger partial charge in [-0.1, -0.05) is 0 Å². The topological polar surface area (TPSA) is 82.2 Å². The minimum absolute atomic E-state index is 0.529. The molecule has 2 aromatic heterocycles. The lowest BCUT2D eigenvalue weighted by Gasteiger charge is -2.12. The van der Waals surface area contributed by atoms with Crippen molar-refractivity contribution in [2.24, 2.45) is 0 Å². The van der Waals surface area contributed by atoms with E-state index in [1.165, 1.54) is 0 Å². The molecule has 0 aliphatic rings. The highest BCUT2D eigenvalue weighted by Gasteiger charge is 2.16. The van der Waals surface area contributed by atoms with Crippen LogP contribution in [-0.4, -0.2) is 41.5 Å². The Morgan fingerprint density at radius 3 is 2.26 bits per heavy atom. The summed E-state index contributed by atoms with van der Waals surface area (Å²) in [4.78, 5) is 8.57. The van der Waals surface area contributed by atoms with E-state index < -0.39 is 0 Å². The summed E-state index contributed by atoms with van der Waals surface area (Å²) >= 11 is 0. The van der Waals surface area contributed by atoms with Gasteiger partial charge in [-0.2, -0.15) is 5.10 Å². The number of nitrogens with one attached hydrogen (secondary N) is 1. The maximum atomic E-state index is 5.35. The predicted molar refractivity (Wildman–Crippen MR) is 84.7 cm³/mol. The molecule has 0 radical (unpaired) electrons. The van der Waals surface area contributed by atoms with Crippen molar-refractivity contribution in [2.45, 2.75) is 0 Å². The Morgan fingerprint density at radius 1 is 0.957 bits per heavy atom. The summed E-state index contributed by atoms with van der Waals surface area (Å²) in [6.45, 7) is 0. The lowest BCUT2D eigenvalue weighted by molar-refractivity contribution is 0.324. The Bertz CT molecular complexity index is 777. The second-order valence-electron chi connectivity index (χ2n) is 4.66. The van der Waals surface area contributed by atoms with Crippen molar-refractivity contribution in [1.29, 1.82) is 0 Å².